The molecule has 104 valence electrons. The topological polar surface area (TPSA) is 32.3 Å². The second-order valence-corrected chi connectivity index (χ2v) is 7.39. The lowest BCUT2D eigenvalue weighted by molar-refractivity contribution is 0.581. The molecular formula is C16H19N2OP. The number of hydrogen-bond donors (Lipinski definition) is 1. The summed E-state index contributed by atoms with van der Waals surface area (Å²) in [6.07, 6.45) is 2.13. The van der Waals surface area contributed by atoms with Gasteiger partial charge in [0.15, 0.2) is 0 Å². The predicted octanol–water partition coefficient (Wildman–Crippen LogP) is 4.24. The molecule has 0 aromatic heterocycles. The van der Waals surface area contributed by atoms with Gasteiger partial charge in [-0.05, 0) is 30.7 Å². The number of fused-ring (bicyclic) bond motifs is 1. The van der Waals surface area contributed by atoms with Gasteiger partial charge in [0.1, 0.15) is 0 Å². The van der Waals surface area contributed by atoms with Gasteiger partial charge in [0.25, 0.3) is 7.44 Å². The first-order valence-corrected chi connectivity index (χ1v) is 8.72. The molecule has 1 aliphatic heterocycles. The van der Waals surface area contributed by atoms with E-state index < -0.39 is 7.44 Å². The Labute approximate surface area is 120 Å². The van der Waals surface area contributed by atoms with Gasteiger partial charge in [-0.1, -0.05) is 43.7 Å². The lowest BCUT2D eigenvalue weighted by Crippen LogP contribution is -2.25. The average Bonchev–Trinajstić information content (AvgIpc) is 2.79. The van der Waals surface area contributed by atoms with Gasteiger partial charge >= 0.3 is 0 Å². The van der Waals surface area contributed by atoms with Crippen molar-refractivity contribution >= 4 is 24.1 Å². The monoisotopic (exact) mass is 286 g/mol. The smallest absolute Gasteiger partial charge is 0.290 e. The fourth-order valence-corrected chi connectivity index (χ4v) is 5.09. The highest BCUT2D eigenvalue weighted by Crippen LogP contribution is 2.58. The van der Waals surface area contributed by atoms with Crippen LogP contribution in [-0.2, 0) is 4.57 Å². The van der Waals surface area contributed by atoms with Crippen molar-refractivity contribution in [1.82, 2.24) is 0 Å². The summed E-state index contributed by atoms with van der Waals surface area (Å²) >= 11 is 0. The molecule has 0 radical (unpaired) electrons. The Hall–Kier alpha value is -1.73. The quantitative estimate of drug-likeness (QED) is 0.853. The Balaban J connectivity index is 2.05. The fraction of sp³-hybridized carbons (Fsp3) is 0.250. The van der Waals surface area contributed by atoms with E-state index in [9.17, 15) is 4.57 Å². The lowest BCUT2D eigenvalue weighted by atomic mass is 10.2. The second kappa shape index (κ2) is 5.34. The van der Waals surface area contributed by atoms with Crippen LogP contribution < -0.4 is 15.1 Å². The Bertz CT molecular complexity index is 642. The maximum Gasteiger partial charge on any atom is 0.290 e. The summed E-state index contributed by atoms with van der Waals surface area (Å²) in [7, 11) is -2.76. The molecule has 3 nitrogen and oxygen atoms in total. The van der Waals surface area contributed by atoms with E-state index in [1.165, 1.54) is 0 Å². The third-order valence-electron chi connectivity index (χ3n) is 3.62. The third kappa shape index (κ3) is 2.12. The van der Waals surface area contributed by atoms with Crippen LogP contribution in [0.1, 0.15) is 19.8 Å². The number of para-hydroxylation sites is 2. The number of hydrogen-bond acceptors (Lipinski definition) is 1. The number of unbranched alkanes of at least 4 members (excludes halogenated alkanes) is 1. The minimum absolute atomic E-state index is 0.812. The summed E-state index contributed by atoms with van der Waals surface area (Å²) in [4.78, 5) is 0. The molecule has 0 aliphatic carbocycles. The maximum atomic E-state index is 13.5. The van der Waals surface area contributed by atoms with Crippen molar-refractivity contribution in [2.24, 2.45) is 0 Å². The molecule has 1 aliphatic rings. The first-order valence-electron chi connectivity index (χ1n) is 7.06. The van der Waals surface area contributed by atoms with Crippen molar-refractivity contribution in [3.8, 4) is 0 Å². The first-order chi connectivity index (χ1) is 9.75. The maximum absolute atomic E-state index is 13.5. The Kier molecular flexibility index (Phi) is 3.54. The molecule has 3 rings (SSSR count). The van der Waals surface area contributed by atoms with E-state index in [0.29, 0.717) is 0 Å². The Morgan fingerprint density at radius 3 is 2.50 bits per heavy atom. The Morgan fingerprint density at radius 1 is 1.05 bits per heavy atom. The highest BCUT2D eigenvalue weighted by molar-refractivity contribution is 7.75. The molecule has 4 heteroatoms. The Morgan fingerprint density at radius 2 is 1.75 bits per heavy atom. The molecule has 2 aromatic carbocycles. The second-order valence-electron chi connectivity index (χ2n) is 5.02. The number of anilines is 2. The molecule has 1 unspecified atom stereocenters. The zero-order chi connectivity index (χ0) is 14.0. The highest BCUT2D eigenvalue weighted by Gasteiger charge is 2.39. The molecule has 1 heterocycles. The van der Waals surface area contributed by atoms with Crippen LogP contribution >= 0.6 is 7.44 Å². The van der Waals surface area contributed by atoms with Gasteiger partial charge in [-0.2, -0.15) is 0 Å². The molecule has 0 saturated heterocycles. The van der Waals surface area contributed by atoms with E-state index in [1.54, 1.807) is 0 Å². The number of benzene rings is 2. The van der Waals surface area contributed by atoms with Crippen molar-refractivity contribution in [3.63, 3.8) is 0 Å². The number of nitrogens with zero attached hydrogens (tertiary/aromatic N) is 1. The normalized spacial score (nSPS) is 20.6. The lowest BCUT2D eigenvalue weighted by Gasteiger charge is -2.26. The molecule has 1 atom stereocenters. The predicted molar refractivity (Wildman–Crippen MR) is 86.0 cm³/mol. The van der Waals surface area contributed by atoms with E-state index in [2.05, 4.69) is 16.7 Å². The summed E-state index contributed by atoms with van der Waals surface area (Å²) in [5.74, 6) is 0. The molecule has 2 aromatic rings. The van der Waals surface area contributed by atoms with E-state index >= 15 is 0 Å². The van der Waals surface area contributed by atoms with Crippen molar-refractivity contribution in [2.45, 2.75) is 19.8 Å². The zero-order valence-corrected chi connectivity index (χ0v) is 12.5. The van der Waals surface area contributed by atoms with Crippen molar-refractivity contribution in [2.75, 3.05) is 16.3 Å². The minimum atomic E-state index is -2.76. The van der Waals surface area contributed by atoms with E-state index in [0.717, 1.165) is 36.1 Å². The van der Waals surface area contributed by atoms with Crippen LogP contribution in [0.15, 0.2) is 54.6 Å². The number of nitrogens with one attached hydrogen (secondary N) is 1. The van der Waals surface area contributed by atoms with Gasteiger partial charge in [0.2, 0.25) is 0 Å². The molecule has 0 spiro atoms. The fourth-order valence-electron chi connectivity index (χ4n) is 2.57. The van der Waals surface area contributed by atoms with Crippen LogP contribution in [0.2, 0.25) is 0 Å². The van der Waals surface area contributed by atoms with Crippen LogP contribution in [-0.4, -0.2) is 6.54 Å². The molecule has 0 amide bonds. The molecule has 20 heavy (non-hydrogen) atoms. The van der Waals surface area contributed by atoms with Gasteiger partial charge < -0.3 is 9.76 Å². The first kappa shape index (κ1) is 13.3. The van der Waals surface area contributed by atoms with Crippen LogP contribution in [0.3, 0.4) is 0 Å². The standard InChI is InChI=1S/C16H19N2OP/c1-2-3-13-18-16-12-8-7-11-15(16)17-20(18,19)14-9-5-4-6-10-14/h4-12H,2-3,13H2,1H3,(H,17,19). The summed E-state index contributed by atoms with van der Waals surface area (Å²) in [6, 6.07) is 17.7. The zero-order valence-electron chi connectivity index (χ0n) is 11.6. The molecule has 0 fully saturated rings. The van der Waals surface area contributed by atoms with Gasteiger partial charge in [0, 0.05) is 6.54 Å². The van der Waals surface area contributed by atoms with Gasteiger partial charge in [-0.25, -0.2) is 0 Å². The van der Waals surface area contributed by atoms with Crippen molar-refractivity contribution in [3.05, 3.63) is 54.6 Å². The summed E-state index contributed by atoms with van der Waals surface area (Å²) in [6.45, 7) is 2.97. The minimum Gasteiger partial charge on any atom is -0.315 e. The molecule has 0 bridgehead atoms. The molecule has 0 saturated carbocycles. The van der Waals surface area contributed by atoms with Crippen molar-refractivity contribution < 1.29 is 4.57 Å². The van der Waals surface area contributed by atoms with Gasteiger partial charge in [0.05, 0.1) is 16.7 Å². The van der Waals surface area contributed by atoms with Crippen LogP contribution in [0.4, 0.5) is 11.4 Å². The summed E-state index contributed by atoms with van der Waals surface area (Å²) in [5, 5.41) is 4.14. The van der Waals surface area contributed by atoms with Crippen molar-refractivity contribution in [1.29, 1.82) is 0 Å². The van der Waals surface area contributed by atoms with Crippen LogP contribution in [0.5, 0.6) is 0 Å². The summed E-state index contributed by atoms with van der Waals surface area (Å²) < 4.78 is 15.6. The van der Waals surface area contributed by atoms with E-state index in [1.807, 2.05) is 54.6 Å². The van der Waals surface area contributed by atoms with Gasteiger partial charge in [-0.3, -0.25) is 4.57 Å². The number of rotatable bonds is 4. The SMILES string of the molecule is CCCCN1c2ccccc2NP1(=O)c1ccccc1. The largest absolute Gasteiger partial charge is 0.315 e. The highest BCUT2D eigenvalue weighted by atomic mass is 31.2. The van der Waals surface area contributed by atoms with Crippen LogP contribution in [0, 0.1) is 0 Å². The average molecular weight is 286 g/mol. The van der Waals surface area contributed by atoms with Crippen LogP contribution in [0.25, 0.3) is 0 Å². The van der Waals surface area contributed by atoms with E-state index in [4.69, 9.17) is 0 Å². The summed E-state index contributed by atoms with van der Waals surface area (Å²) in [5.41, 5.74) is 2.02. The van der Waals surface area contributed by atoms with E-state index in [-0.39, 0.29) is 0 Å². The third-order valence-corrected chi connectivity index (χ3v) is 6.26. The molecule has 1 N–H and O–H groups in total. The van der Waals surface area contributed by atoms with Gasteiger partial charge in [-0.15, -0.1) is 0 Å². The molecular weight excluding hydrogens is 267 g/mol.